The van der Waals surface area contributed by atoms with Crippen LogP contribution in [0.3, 0.4) is 0 Å². The van der Waals surface area contributed by atoms with Crippen molar-refractivity contribution in [2.75, 3.05) is 18.2 Å². The Hall–Kier alpha value is -1.08. The molecule has 2 fully saturated rings. The van der Waals surface area contributed by atoms with Crippen molar-refractivity contribution in [1.29, 1.82) is 0 Å². The number of aryl methyl sites for hydroxylation is 1. The molecule has 0 bridgehead atoms. The Balaban J connectivity index is 1.50. The predicted molar refractivity (Wildman–Crippen MR) is 93.5 cm³/mol. The van der Waals surface area contributed by atoms with E-state index in [1.165, 1.54) is 0 Å². The van der Waals surface area contributed by atoms with Gasteiger partial charge in [0.15, 0.2) is 0 Å². The van der Waals surface area contributed by atoms with Crippen molar-refractivity contribution >= 4 is 34.9 Å². The fourth-order valence-corrected chi connectivity index (χ4v) is 5.05. The van der Waals surface area contributed by atoms with E-state index in [0.717, 1.165) is 42.8 Å². The molecule has 5 nitrogen and oxygen atoms in total. The number of thioether (sulfide) groups is 1. The number of carbonyl (C=O) groups excluding carboxylic acids is 2. The minimum absolute atomic E-state index is 0.0201. The highest BCUT2D eigenvalue weighted by molar-refractivity contribution is 7.99. The van der Waals surface area contributed by atoms with Crippen molar-refractivity contribution in [3.63, 3.8) is 0 Å². The van der Waals surface area contributed by atoms with Crippen molar-refractivity contribution in [2.24, 2.45) is 5.92 Å². The lowest BCUT2D eigenvalue weighted by molar-refractivity contribution is -0.141. The van der Waals surface area contributed by atoms with Gasteiger partial charge in [0.1, 0.15) is 6.04 Å². The summed E-state index contributed by atoms with van der Waals surface area (Å²) in [4.78, 5) is 31.2. The number of thiazole rings is 1. The van der Waals surface area contributed by atoms with Crippen LogP contribution < -0.4 is 5.32 Å². The summed E-state index contributed by atoms with van der Waals surface area (Å²) in [5.41, 5.74) is 1.02. The van der Waals surface area contributed by atoms with Crippen LogP contribution in [-0.4, -0.2) is 45.9 Å². The third-order valence-corrected chi connectivity index (χ3v) is 6.35. The summed E-state index contributed by atoms with van der Waals surface area (Å²) >= 11 is 3.30. The molecule has 0 spiro atoms. The van der Waals surface area contributed by atoms with E-state index in [4.69, 9.17) is 0 Å². The van der Waals surface area contributed by atoms with E-state index in [1.807, 2.05) is 12.3 Å². The van der Waals surface area contributed by atoms with Crippen LogP contribution in [0, 0.1) is 12.8 Å². The molecule has 7 heteroatoms. The molecule has 126 valence electrons. The van der Waals surface area contributed by atoms with Gasteiger partial charge in [0.25, 0.3) is 0 Å². The van der Waals surface area contributed by atoms with Crippen molar-refractivity contribution in [3.8, 4) is 0 Å². The number of hydrogen-bond donors (Lipinski definition) is 1. The minimum Gasteiger partial charge on any atom is -0.354 e. The molecule has 1 aromatic heterocycles. The summed E-state index contributed by atoms with van der Waals surface area (Å²) in [7, 11) is 0. The quantitative estimate of drug-likeness (QED) is 0.881. The van der Waals surface area contributed by atoms with Gasteiger partial charge in [-0.15, -0.1) is 23.1 Å². The first-order valence-electron chi connectivity index (χ1n) is 8.22. The molecule has 1 atom stereocenters. The molecule has 0 aromatic carbocycles. The van der Waals surface area contributed by atoms with Crippen molar-refractivity contribution in [2.45, 2.75) is 45.1 Å². The van der Waals surface area contributed by atoms with Gasteiger partial charge in [0.05, 0.1) is 16.6 Å². The van der Waals surface area contributed by atoms with E-state index in [0.29, 0.717) is 18.2 Å². The van der Waals surface area contributed by atoms with E-state index in [-0.39, 0.29) is 23.8 Å². The van der Waals surface area contributed by atoms with E-state index in [1.54, 1.807) is 28.0 Å². The lowest BCUT2D eigenvalue weighted by Crippen LogP contribution is -2.49. The van der Waals surface area contributed by atoms with E-state index in [2.05, 4.69) is 10.3 Å². The van der Waals surface area contributed by atoms with Crippen molar-refractivity contribution in [1.82, 2.24) is 15.2 Å². The zero-order chi connectivity index (χ0) is 16.2. The lowest BCUT2D eigenvalue weighted by Gasteiger charge is -2.25. The summed E-state index contributed by atoms with van der Waals surface area (Å²) in [5.74, 6) is 1.66. The summed E-state index contributed by atoms with van der Waals surface area (Å²) in [5, 5.41) is 6.05. The number of nitrogens with one attached hydrogen (secondary N) is 1. The van der Waals surface area contributed by atoms with Gasteiger partial charge in [-0.3, -0.25) is 9.59 Å². The average molecular weight is 354 g/mol. The number of rotatable bonds is 5. The first-order chi connectivity index (χ1) is 11.1. The predicted octanol–water partition coefficient (Wildman–Crippen LogP) is 2.20. The highest BCUT2D eigenvalue weighted by Crippen LogP contribution is 2.30. The van der Waals surface area contributed by atoms with E-state index >= 15 is 0 Å². The summed E-state index contributed by atoms with van der Waals surface area (Å²) < 4.78 is 0. The molecule has 1 saturated carbocycles. The maximum Gasteiger partial charge on any atom is 0.243 e. The summed E-state index contributed by atoms with van der Waals surface area (Å²) in [6.45, 7) is 2.56. The van der Waals surface area contributed by atoms with Crippen molar-refractivity contribution in [3.05, 3.63) is 16.1 Å². The second kappa shape index (κ2) is 7.66. The molecular formula is C16H23N3O2S2. The van der Waals surface area contributed by atoms with Crippen LogP contribution in [0.4, 0.5) is 0 Å². The number of hydrogen-bond acceptors (Lipinski definition) is 5. The molecule has 1 N–H and O–H groups in total. The van der Waals surface area contributed by atoms with Crippen LogP contribution in [0.25, 0.3) is 0 Å². The Morgan fingerprint density at radius 3 is 2.87 bits per heavy atom. The monoisotopic (exact) mass is 353 g/mol. The van der Waals surface area contributed by atoms with E-state index in [9.17, 15) is 9.59 Å². The molecule has 1 aliphatic heterocycles. The Labute approximate surface area is 145 Å². The molecule has 2 aliphatic rings. The molecule has 23 heavy (non-hydrogen) atoms. The van der Waals surface area contributed by atoms with Crippen LogP contribution in [-0.2, 0) is 16.0 Å². The minimum atomic E-state index is -0.301. The van der Waals surface area contributed by atoms with Gasteiger partial charge >= 0.3 is 0 Å². The lowest BCUT2D eigenvalue weighted by atomic mass is 10.1. The second-order valence-electron chi connectivity index (χ2n) is 6.20. The fraction of sp³-hybridized carbons (Fsp3) is 0.688. The third-order valence-electron chi connectivity index (χ3n) is 4.52. The fourth-order valence-electron chi connectivity index (χ4n) is 3.24. The van der Waals surface area contributed by atoms with Crippen LogP contribution in [0.15, 0.2) is 5.38 Å². The normalized spacial score (nSPS) is 21.8. The topological polar surface area (TPSA) is 62.3 Å². The Morgan fingerprint density at radius 2 is 2.17 bits per heavy atom. The SMILES string of the molecule is Cc1nc(CCNC(=O)[C@H]2CSCN2C(=O)C2CCCC2)cs1. The number of amides is 2. The molecule has 1 aromatic rings. The van der Waals surface area contributed by atoms with Crippen LogP contribution in [0.1, 0.15) is 36.4 Å². The van der Waals surface area contributed by atoms with E-state index < -0.39 is 0 Å². The number of nitrogens with zero attached hydrogens (tertiary/aromatic N) is 2. The number of aromatic nitrogens is 1. The number of carbonyl (C=O) groups is 2. The van der Waals surface area contributed by atoms with Gasteiger partial charge in [-0.2, -0.15) is 0 Å². The van der Waals surface area contributed by atoms with Crippen molar-refractivity contribution < 1.29 is 9.59 Å². The Bertz CT molecular complexity index is 569. The van der Waals surface area contributed by atoms with Crippen LogP contribution in [0.2, 0.25) is 0 Å². The zero-order valence-corrected chi connectivity index (χ0v) is 15.0. The maximum absolute atomic E-state index is 12.6. The van der Waals surface area contributed by atoms with Gasteiger partial charge in [-0.25, -0.2) is 4.98 Å². The summed E-state index contributed by atoms with van der Waals surface area (Å²) in [6.07, 6.45) is 4.99. The third kappa shape index (κ3) is 4.07. The molecule has 2 amide bonds. The Morgan fingerprint density at radius 1 is 1.39 bits per heavy atom. The van der Waals surface area contributed by atoms with Gasteiger partial charge < -0.3 is 10.2 Å². The largest absolute Gasteiger partial charge is 0.354 e. The first kappa shape index (κ1) is 16.8. The molecule has 0 radical (unpaired) electrons. The molecular weight excluding hydrogens is 330 g/mol. The van der Waals surface area contributed by atoms with Gasteiger partial charge in [-0.05, 0) is 19.8 Å². The van der Waals surface area contributed by atoms with Gasteiger partial charge in [0, 0.05) is 30.0 Å². The molecule has 0 unspecified atom stereocenters. The molecule has 1 saturated heterocycles. The highest BCUT2D eigenvalue weighted by atomic mass is 32.2. The second-order valence-corrected chi connectivity index (χ2v) is 8.27. The molecule has 3 rings (SSSR count). The van der Waals surface area contributed by atoms with Crippen LogP contribution >= 0.6 is 23.1 Å². The van der Waals surface area contributed by atoms with Gasteiger partial charge in [-0.1, -0.05) is 12.8 Å². The van der Waals surface area contributed by atoms with Crippen LogP contribution in [0.5, 0.6) is 0 Å². The smallest absolute Gasteiger partial charge is 0.243 e. The summed E-state index contributed by atoms with van der Waals surface area (Å²) in [6, 6.07) is -0.301. The molecule has 2 heterocycles. The Kier molecular flexibility index (Phi) is 5.58. The average Bonchev–Trinajstić information content (AvgIpc) is 3.28. The zero-order valence-electron chi connectivity index (χ0n) is 13.4. The molecule has 1 aliphatic carbocycles. The maximum atomic E-state index is 12.6. The first-order valence-corrected chi connectivity index (χ1v) is 10.3. The van der Waals surface area contributed by atoms with Gasteiger partial charge in [0.2, 0.25) is 11.8 Å². The standard InChI is InChI=1S/C16H23N3O2S2/c1-11-18-13(8-23-11)6-7-17-15(20)14-9-22-10-19(14)16(21)12-4-2-3-5-12/h8,12,14H,2-7,9-10H2,1H3,(H,17,20)/t14-/m1/s1. The highest BCUT2D eigenvalue weighted by Gasteiger charge is 2.38.